The molecule has 100 valence electrons. The minimum Gasteiger partial charge on any atom is -0.493 e. The summed E-state index contributed by atoms with van der Waals surface area (Å²) in [5.41, 5.74) is 1.25. The second-order valence-corrected chi connectivity index (χ2v) is 6.03. The third-order valence-electron chi connectivity index (χ3n) is 3.31. The molecule has 1 aromatic carbocycles. The fraction of sp³-hybridized carbons (Fsp3) is 0.600. The van der Waals surface area contributed by atoms with Crippen LogP contribution in [0.4, 0.5) is 0 Å². The van der Waals surface area contributed by atoms with Gasteiger partial charge in [-0.05, 0) is 56.8 Å². The number of ether oxygens (including phenoxy) is 1. The fourth-order valence-electron chi connectivity index (χ4n) is 1.95. The molecule has 0 radical (unpaired) electrons. The van der Waals surface area contributed by atoms with E-state index in [4.69, 9.17) is 4.74 Å². The van der Waals surface area contributed by atoms with Crippen LogP contribution in [0.15, 0.2) is 22.7 Å². The summed E-state index contributed by atoms with van der Waals surface area (Å²) in [5.74, 6) is 1.82. The Bertz CT molecular complexity index is 390. The fourth-order valence-corrected chi connectivity index (χ4v) is 2.33. The molecule has 1 N–H and O–H groups in total. The predicted octanol–water partition coefficient (Wildman–Crippen LogP) is 4.30. The second-order valence-electron chi connectivity index (χ2n) is 5.11. The molecule has 1 aliphatic rings. The highest BCUT2D eigenvalue weighted by Crippen LogP contribution is 2.33. The molecule has 18 heavy (non-hydrogen) atoms. The normalized spacial score (nSPS) is 16.6. The van der Waals surface area contributed by atoms with E-state index in [1.807, 2.05) is 0 Å². The molecule has 0 aliphatic heterocycles. The summed E-state index contributed by atoms with van der Waals surface area (Å²) in [5, 5.41) is 3.52. The van der Waals surface area contributed by atoms with Gasteiger partial charge < -0.3 is 10.1 Å². The Kier molecular flexibility index (Phi) is 5.07. The molecule has 0 aromatic heterocycles. The van der Waals surface area contributed by atoms with E-state index in [0.717, 1.165) is 35.7 Å². The van der Waals surface area contributed by atoms with Crippen molar-refractivity contribution in [3.05, 3.63) is 28.2 Å². The molecule has 0 saturated heterocycles. The Hall–Kier alpha value is -0.540. The van der Waals surface area contributed by atoms with Gasteiger partial charge in [0.25, 0.3) is 0 Å². The molecule has 1 unspecified atom stereocenters. The smallest absolute Gasteiger partial charge is 0.124 e. The van der Waals surface area contributed by atoms with Gasteiger partial charge in [0.2, 0.25) is 0 Å². The number of rotatable bonds is 7. The van der Waals surface area contributed by atoms with Gasteiger partial charge in [0.15, 0.2) is 0 Å². The van der Waals surface area contributed by atoms with Crippen molar-refractivity contribution in [1.82, 2.24) is 5.32 Å². The lowest BCUT2D eigenvalue weighted by Crippen LogP contribution is -2.20. The zero-order chi connectivity index (χ0) is 13.0. The standard InChI is InChI=1S/C15H22BrNO/c1-3-8-17-11(2)14-9-13(16)6-7-15(14)18-10-12-4-5-12/h6-7,9,11-12,17H,3-5,8,10H2,1-2H3. The lowest BCUT2D eigenvalue weighted by molar-refractivity contribution is 0.294. The van der Waals surface area contributed by atoms with Crippen molar-refractivity contribution >= 4 is 15.9 Å². The van der Waals surface area contributed by atoms with E-state index in [9.17, 15) is 0 Å². The number of nitrogens with one attached hydrogen (secondary N) is 1. The van der Waals surface area contributed by atoms with Gasteiger partial charge in [0, 0.05) is 16.1 Å². The molecule has 1 aromatic rings. The Labute approximate surface area is 118 Å². The maximum Gasteiger partial charge on any atom is 0.124 e. The van der Waals surface area contributed by atoms with Gasteiger partial charge in [0.05, 0.1) is 6.61 Å². The molecular formula is C15H22BrNO. The molecular weight excluding hydrogens is 290 g/mol. The van der Waals surface area contributed by atoms with Crippen LogP contribution in [0.2, 0.25) is 0 Å². The van der Waals surface area contributed by atoms with E-state index in [1.54, 1.807) is 0 Å². The van der Waals surface area contributed by atoms with Crippen LogP contribution in [0.1, 0.15) is 44.7 Å². The highest BCUT2D eigenvalue weighted by atomic mass is 79.9. The lowest BCUT2D eigenvalue weighted by atomic mass is 10.1. The number of hydrogen-bond acceptors (Lipinski definition) is 2. The van der Waals surface area contributed by atoms with Gasteiger partial charge in [-0.2, -0.15) is 0 Å². The van der Waals surface area contributed by atoms with Crippen LogP contribution in [0.3, 0.4) is 0 Å². The zero-order valence-electron chi connectivity index (χ0n) is 11.2. The number of halogens is 1. The molecule has 2 rings (SSSR count). The Morgan fingerprint density at radius 1 is 1.44 bits per heavy atom. The zero-order valence-corrected chi connectivity index (χ0v) is 12.8. The van der Waals surface area contributed by atoms with Crippen LogP contribution in [0.5, 0.6) is 5.75 Å². The van der Waals surface area contributed by atoms with Crippen molar-refractivity contribution in [3.63, 3.8) is 0 Å². The first kappa shape index (κ1) is 13.9. The van der Waals surface area contributed by atoms with E-state index in [2.05, 4.69) is 53.3 Å². The predicted molar refractivity (Wildman–Crippen MR) is 79.1 cm³/mol. The maximum absolute atomic E-state index is 5.96. The van der Waals surface area contributed by atoms with Crippen molar-refractivity contribution < 1.29 is 4.74 Å². The number of hydrogen-bond donors (Lipinski definition) is 1. The molecule has 1 fully saturated rings. The Morgan fingerprint density at radius 2 is 2.22 bits per heavy atom. The van der Waals surface area contributed by atoms with Crippen LogP contribution < -0.4 is 10.1 Å². The summed E-state index contributed by atoms with van der Waals surface area (Å²) >= 11 is 3.54. The highest BCUT2D eigenvalue weighted by Gasteiger charge is 2.22. The van der Waals surface area contributed by atoms with Gasteiger partial charge in [-0.1, -0.05) is 22.9 Å². The first-order valence-corrected chi connectivity index (χ1v) is 7.65. The van der Waals surface area contributed by atoms with E-state index in [1.165, 1.54) is 18.4 Å². The molecule has 0 bridgehead atoms. The maximum atomic E-state index is 5.96. The van der Waals surface area contributed by atoms with Crippen LogP contribution >= 0.6 is 15.9 Å². The summed E-state index contributed by atoms with van der Waals surface area (Å²) in [6.07, 6.45) is 3.81. The van der Waals surface area contributed by atoms with E-state index in [-0.39, 0.29) is 0 Å². The van der Waals surface area contributed by atoms with Crippen LogP contribution in [-0.2, 0) is 0 Å². The third-order valence-corrected chi connectivity index (χ3v) is 3.80. The molecule has 3 heteroatoms. The van der Waals surface area contributed by atoms with Crippen LogP contribution in [-0.4, -0.2) is 13.2 Å². The SMILES string of the molecule is CCCNC(C)c1cc(Br)ccc1OCC1CC1. The molecule has 1 aliphatic carbocycles. The van der Waals surface area contributed by atoms with Gasteiger partial charge in [-0.25, -0.2) is 0 Å². The first-order valence-electron chi connectivity index (χ1n) is 6.86. The average Bonchev–Trinajstić information content (AvgIpc) is 3.18. The van der Waals surface area contributed by atoms with E-state index >= 15 is 0 Å². The van der Waals surface area contributed by atoms with Crippen molar-refractivity contribution in [2.24, 2.45) is 5.92 Å². The largest absolute Gasteiger partial charge is 0.493 e. The van der Waals surface area contributed by atoms with Gasteiger partial charge in [0.1, 0.15) is 5.75 Å². The first-order chi connectivity index (χ1) is 8.70. The molecule has 1 saturated carbocycles. The minimum atomic E-state index is 0.330. The summed E-state index contributed by atoms with van der Waals surface area (Å²) in [6.45, 7) is 6.29. The van der Waals surface area contributed by atoms with Crippen molar-refractivity contribution in [2.75, 3.05) is 13.2 Å². The number of benzene rings is 1. The quantitative estimate of drug-likeness (QED) is 0.810. The Balaban J connectivity index is 2.05. The molecule has 1 atom stereocenters. The van der Waals surface area contributed by atoms with Gasteiger partial charge >= 0.3 is 0 Å². The third kappa shape index (κ3) is 3.99. The molecule has 0 spiro atoms. The molecule has 0 heterocycles. The van der Waals surface area contributed by atoms with Crippen molar-refractivity contribution in [2.45, 2.75) is 39.2 Å². The van der Waals surface area contributed by atoms with Crippen molar-refractivity contribution in [3.8, 4) is 5.75 Å². The van der Waals surface area contributed by atoms with Crippen molar-refractivity contribution in [1.29, 1.82) is 0 Å². The average molecular weight is 312 g/mol. The van der Waals surface area contributed by atoms with E-state index in [0.29, 0.717) is 6.04 Å². The Morgan fingerprint density at radius 3 is 2.89 bits per heavy atom. The second kappa shape index (κ2) is 6.58. The summed E-state index contributed by atoms with van der Waals surface area (Å²) < 4.78 is 7.07. The molecule has 0 amide bonds. The monoisotopic (exact) mass is 311 g/mol. The summed E-state index contributed by atoms with van der Waals surface area (Å²) in [4.78, 5) is 0. The van der Waals surface area contributed by atoms with Crippen LogP contribution in [0, 0.1) is 5.92 Å². The minimum absolute atomic E-state index is 0.330. The topological polar surface area (TPSA) is 21.3 Å². The summed E-state index contributed by atoms with van der Waals surface area (Å²) in [6, 6.07) is 6.62. The summed E-state index contributed by atoms with van der Waals surface area (Å²) in [7, 11) is 0. The lowest BCUT2D eigenvalue weighted by Gasteiger charge is -2.18. The van der Waals surface area contributed by atoms with Crippen LogP contribution in [0.25, 0.3) is 0 Å². The molecule has 2 nitrogen and oxygen atoms in total. The highest BCUT2D eigenvalue weighted by molar-refractivity contribution is 9.10. The van der Waals surface area contributed by atoms with Gasteiger partial charge in [-0.3, -0.25) is 0 Å². The van der Waals surface area contributed by atoms with Gasteiger partial charge in [-0.15, -0.1) is 0 Å². The van der Waals surface area contributed by atoms with E-state index < -0.39 is 0 Å².